The summed E-state index contributed by atoms with van der Waals surface area (Å²) in [5.74, 6) is 0. The summed E-state index contributed by atoms with van der Waals surface area (Å²) in [7, 11) is 0. The fraction of sp³-hybridized carbons (Fsp3) is 0.455. The Labute approximate surface area is 98.5 Å². The molecular formula is C11H14ClNO3. The second-order valence-corrected chi connectivity index (χ2v) is 4.40. The van der Waals surface area contributed by atoms with Gasteiger partial charge < -0.3 is 20.6 Å². The van der Waals surface area contributed by atoms with Crippen molar-refractivity contribution in [3.8, 4) is 0 Å². The predicted octanol–water partition coefficient (Wildman–Crippen LogP) is 0.0670. The molecule has 88 valence electrons. The van der Waals surface area contributed by atoms with Gasteiger partial charge in [0, 0.05) is 5.02 Å². The molecule has 1 aliphatic rings. The first-order valence-electron chi connectivity index (χ1n) is 5.12. The summed E-state index contributed by atoms with van der Waals surface area (Å²) in [5.41, 5.74) is 0.840. The van der Waals surface area contributed by atoms with E-state index in [2.05, 4.69) is 5.32 Å². The van der Waals surface area contributed by atoms with Gasteiger partial charge in [-0.15, -0.1) is 0 Å². The van der Waals surface area contributed by atoms with E-state index < -0.39 is 18.2 Å². The van der Waals surface area contributed by atoms with Gasteiger partial charge in [-0.1, -0.05) is 23.7 Å². The van der Waals surface area contributed by atoms with Crippen molar-refractivity contribution in [2.45, 2.75) is 24.3 Å². The van der Waals surface area contributed by atoms with E-state index in [4.69, 9.17) is 16.7 Å². The number of benzene rings is 1. The van der Waals surface area contributed by atoms with Crippen LogP contribution < -0.4 is 5.32 Å². The summed E-state index contributed by atoms with van der Waals surface area (Å²) >= 11 is 5.77. The maximum atomic E-state index is 9.83. The van der Waals surface area contributed by atoms with Gasteiger partial charge in [0.1, 0.15) is 6.10 Å². The number of nitrogens with one attached hydrogen (secondary N) is 1. The zero-order chi connectivity index (χ0) is 11.7. The van der Waals surface area contributed by atoms with E-state index in [1.165, 1.54) is 0 Å². The smallest absolute Gasteiger partial charge is 0.101 e. The van der Waals surface area contributed by atoms with Gasteiger partial charge >= 0.3 is 0 Å². The highest BCUT2D eigenvalue weighted by molar-refractivity contribution is 6.30. The van der Waals surface area contributed by atoms with Gasteiger partial charge in [0.15, 0.2) is 0 Å². The molecule has 0 spiro atoms. The van der Waals surface area contributed by atoms with Crippen LogP contribution in [0, 0.1) is 0 Å². The molecule has 1 unspecified atom stereocenters. The van der Waals surface area contributed by atoms with Crippen molar-refractivity contribution in [1.29, 1.82) is 0 Å². The summed E-state index contributed by atoms with van der Waals surface area (Å²) in [5, 5.41) is 32.1. The molecule has 1 aliphatic heterocycles. The first-order chi connectivity index (χ1) is 7.63. The fourth-order valence-corrected chi connectivity index (χ4v) is 2.11. The minimum absolute atomic E-state index is 0.206. The summed E-state index contributed by atoms with van der Waals surface area (Å²) in [6.07, 6.45) is -1.87. The third-order valence-electron chi connectivity index (χ3n) is 2.92. The molecule has 0 saturated carbocycles. The molecule has 0 amide bonds. The lowest BCUT2D eigenvalue weighted by molar-refractivity contribution is 0.0194. The Balaban J connectivity index is 2.19. The number of hydrogen-bond acceptors (Lipinski definition) is 4. The van der Waals surface area contributed by atoms with Gasteiger partial charge in [0.25, 0.3) is 0 Å². The Morgan fingerprint density at radius 1 is 1.12 bits per heavy atom. The molecule has 4 nitrogen and oxygen atoms in total. The second kappa shape index (κ2) is 4.69. The molecule has 5 heteroatoms. The van der Waals surface area contributed by atoms with Crippen LogP contribution in [-0.2, 0) is 0 Å². The lowest BCUT2D eigenvalue weighted by Gasteiger charge is -2.16. The molecule has 4 N–H and O–H groups in total. The van der Waals surface area contributed by atoms with Gasteiger partial charge in [0.2, 0.25) is 0 Å². The average molecular weight is 244 g/mol. The van der Waals surface area contributed by atoms with Crippen LogP contribution in [0.4, 0.5) is 0 Å². The number of hydrogen-bond donors (Lipinski definition) is 4. The van der Waals surface area contributed by atoms with Crippen molar-refractivity contribution in [2.24, 2.45) is 0 Å². The third kappa shape index (κ3) is 2.07. The largest absolute Gasteiger partial charge is 0.395 e. The number of halogens is 1. The highest BCUT2D eigenvalue weighted by Gasteiger charge is 2.41. The Hall–Kier alpha value is -0.650. The van der Waals surface area contributed by atoms with E-state index in [-0.39, 0.29) is 12.6 Å². The lowest BCUT2D eigenvalue weighted by atomic mass is 10.0. The number of aliphatic hydroxyl groups excluding tert-OH is 3. The Kier molecular flexibility index (Phi) is 3.47. The zero-order valence-corrected chi connectivity index (χ0v) is 9.30. The molecule has 4 atom stereocenters. The molecule has 1 heterocycles. The molecule has 1 aromatic rings. The summed E-state index contributed by atoms with van der Waals surface area (Å²) in [4.78, 5) is 0. The molecule has 16 heavy (non-hydrogen) atoms. The average Bonchev–Trinajstić information content (AvgIpc) is 2.57. The van der Waals surface area contributed by atoms with Crippen LogP contribution in [0.25, 0.3) is 0 Å². The van der Waals surface area contributed by atoms with E-state index in [1.807, 2.05) is 0 Å². The van der Waals surface area contributed by atoms with Crippen LogP contribution in [0.3, 0.4) is 0 Å². The molecule has 2 rings (SSSR count). The maximum absolute atomic E-state index is 9.83. The van der Waals surface area contributed by atoms with Crippen LogP contribution in [0.1, 0.15) is 11.6 Å². The lowest BCUT2D eigenvalue weighted by Crippen LogP contribution is -2.35. The topological polar surface area (TPSA) is 72.7 Å². The molecule has 1 saturated heterocycles. The monoisotopic (exact) mass is 243 g/mol. The minimum Gasteiger partial charge on any atom is -0.395 e. The van der Waals surface area contributed by atoms with Crippen molar-refractivity contribution >= 4 is 11.6 Å². The Morgan fingerprint density at radius 3 is 2.25 bits per heavy atom. The highest BCUT2D eigenvalue weighted by atomic mass is 35.5. The maximum Gasteiger partial charge on any atom is 0.101 e. The van der Waals surface area contributed by atoms with Crippen molar-refractivity contribution in [3.05, 3.63) is 34.9 Å². The third-order valence-corrected chi connectivity index (χ3v) is 3.18. The first-order valence-corrected chi connectivity index (χ1v) is 5.50. The van der Waals surface area contributed by atoms with Gasteiger partial charge in [0.05, 0.1) is 24.8 Å². The van der Waals surface area contributed by atoms with E-state index in [0.717, 1.165) is 5.56 Å². The SMILES string of the molecule is OC[C@H]1NC(c2ccc(Cl)cc2)[C@H](O)[C@@H]1O. The molecule has 0 aliphatic carbocycles. The van der Waals surface area contributed by atoms with Crippen molar-refractivity contribution in [1.82, 2.24) is 5.32 Å². The van der Waals surface area contributed by atoms with Gasteiger partial charge in [-0.25, -0.2) is 0 Å². The molecule has 0 bridgehead atoms. The Morgan fingerprint density at radius 2 is 1.75 bits per heavy atom. The molecule has 0 aromatic heterocycles. The van der Waals surface area contributed by atoms with E-state index in [0.29, 0.717) is 5.02 Å². The second-order valence-electron chi connectivity index (χ2n) is 3.97. The van der Waals surface area contributed by atoms with E-state index in [1.54, 1.807) is 24.3 Å². The molecular weight excluding hydrogens is 230 g/mol. The summed E-state index contributed by atoms with van der Waals surface area (Å²) < 4.78 is 0. The zero-order valence-electron chi connectivity index (χ0n) is 8.55. The van der Waals surface area contributed by atoms with Crippen molar-refractivity contribution in [2.75, 3.05) is 6.61 Å². The normalized spacial score (nSPS) is 34.2. The van der Waals surface area contributed by atoms with E-state index in [9.17, 15) is 10.2 Å². The van der Waals surface area contributed by atoms with Crippen LogP contribution in [0.2, 0.25) is 5.02 Å². The van der Waals surface area contributed by atoms with Crippen LogP contribution in [0.15, 0.2) is 24.3 Å². The highest BCUT2D eigenvalue weighted by Crippen LogP contribution is 2.28. The molecule has 0 radical (unpaired) electrons. The van der Waals surface area contributed by atoms with Crippen molar-refractivity contribution in [3.63, 3.8) is 0 Å². The Bertz CT molecular complexity index is 357. The van der Waals surface area contributed by atoms with Gasteiger partial charge in [-0.05, 0) is 17.7 Å². The number of rotatable bonds is 2. The van der Waals surface area contributed by atoms with Gasteiger partial charge in [-0.3, -0.25) is 0 Å². The van der Waals surface area contributed by atoms with Crippen LogP contribution in [-0.4, -0.2) is 40.2 Å². The van der Waals surface area contributed by atoms with Crippen LogP contribution in [0.5, 0.6) is 0 Å². The van der Waals surface area contributed by atoms with Crippen LogP contribution >= 0.6 is 11.6 Å². The molecule has 1 fully saturated rings. The predicted molar refractivity (Wildman–Crippen MR) is 60.2 cm³/mol. The first kappa shape index (κ1) is 11.8. The van der Waals surface area contributed by atoms with Gasteiger partial charge in [-0.2, -0.15) is 0 Å². The quantitative estimate of drug-likeness (QED) is 0.593. The molecule has 1 aromatic carbocycles. The number of aliphatic hydroxyl groups is 3. The minimum atomic E-state index is -0.953. The van der Waals surface area contributed by atoms with E-state index >= 15 is 0 Å². The fourth-order valence-electron chi connectivity index (χ4n) is 1.99. The summed E-state index contributed by atoms with van der Waals surface area (Å²) in [6, 6.07) is 6.17. The summed E-state index contributed by atoms with van der Waals surface area (Å²) in [6.45, 7) is -0.206. The standard InChI is InChI=1S/C11H14ClNO3/c12-7-3-1-6(2-4-7)9-11(16)10(15)8(5-14)13-9/h1-4,8-11,13-16H,5H2/t8-,9?,10-,11+/m1/s1. The van der Waals surface area contributed by atoms with Crippen molar-refractivity contribution < 1.29 is 15.3 Å².